The first-order valence-electron chi connectivity index (χ1n) is 9.39. The Morgan fingerprint density at radius 1 is 1.15 bits per heavy atom. The summed E-state index contributed by atoms with van der Waals surface area (Å²) in [6.07, 6.45) is 3.74. The van der Waals surface area contributed by atoms with Crippen molar-refractivity contribution in [1.29, 1.82) is 0 Å². The summed E-state index contributed by atoms with van der Waals surface area (Å²) in [5.41, 5.74) is 1.23. The van der Waals surface area contributed by atoms with Gasteiger partial charge in [0, 0.05) is 23.1 Å². The summed E-state index contributed by atoms with van der Waals surface area (Å²) in [5, 5.41) is 9.10. The lowest BCUT2D eigenvalue weighted by atomic mass is 10.1. The van der Waals surface area contributed by atoms with Crippen LogP contribution in [0.15, 0.2) is 58.4 Å². The summed E-state index contributed by atoms with van der Waals surface area (Å²) in [6, 6.07) is 15.8. The van der Waals surface area contributed by atoms with E-state index in [1.165, 1.54) is 24.1 Å². The van der Waals surface area contributed by atoms with E-state index >= 15 is 0 Å². The minimum Gasteiger partial charge on any atom is -0.355 e. The molecule has 3 heterocycles. The van der Waals surface area contributed by atoms with Crippen molar-refractivity contribution in [1.82, 2.24) is 15.4 Å². The minimum absolute atomic E-state index is 0.195. The summed E-state index contributed by atoms with van der Waals surface area (Å²) in [4.78, 5) is 16.4. The molecule has 0 radical (unpaired) electrons. The Kier molecular flexibility index (Phi) is 5.65. The molecule has 1 amide bonds. The van der Waals surface area contributed by atoms with E-state index in [9.17, 15) is 4.79 Å². The summed E-state index contributed by atoms with van der Waals surface area (Å²) in [5.74, 6) is 0.408. The molecule has 1 saturated heterocycles. The monoisotopic (exact) mass is 381 g/mol. The molecule has 1 aromatic carbocycles. The SMILES string of the molecule is O=C(NCC(c1cccs1)N1CCCCC1)c1cc(-c2ccccc2)on1. The number of likely N-dealkylation sites (tertiary alicyclic amines) is 1. The van der Waals surface area contributed by atoms with Gasteiger partial charge in [0.1, 0.15) is 0 Å². The first kappa shape index (κ1) is 17.9. The van der Waals surface area contributed by atoms with Gasteiger partial charge in [0.25, 0.3) is 5.91 Å². The van der Waals surface area contributed by atoms with Crippen molar-refractivity contribution in [3.05, 3.63) is 64.5 Å². The Morgan fingerprint density at radius 2 is 1.96 bits per heavy atom. The number of nitrogens with one attached hydrogen (secondary N) is 1. The van der Waals surface area contributed by atoms with Gasteiger partial charge in [-0.15, -0.1) is 11.3 Å². The van der Waals surface area contributed by atoms with Crippen molar-refractivity contribution < 1.29 is 9.32 Å². The number of hydrogen-bond donors (Lipinski definition) is 1. The van der Waals surface area contributed by atoms with Crippen LogP contribution in [0.2, 0.25) is 0 Å². The van der Waals surface area contributed by atoms with Crippen LogP contribution in [0.1, 0.15) is 40.7 Å². The number of carbonyl (C=O) groups is 1. The topological polar surface area (TPSA) is 58.4 Å². The largest absolute Gasteiger partial charge is 0.355 e. The predicted octanol–water partition coefficient (Wildman–Crippen LogP) is 4.36. The van der Waals surface area contributed by atoms with Crippen molar-refractivity contribution in [2.24, 2.45) is 0 Å². The molecular weight excluding hydrogens is 358 g/mol. The quantitative estimate of drug-likeness (QED) is 0.689. The molecule has 1 unspecified atom stereocenters. The van der Waals surface area contributed by atoms with E-state index in [0.29, 0.717) is 18.0 Å². The van der Waals surface area contributed by atoms with Crippen LogP contribution in [0.25, 0.3) is 11.3 Å². The second kappa shape index (κ2) is 8.50. The first-order valence-corrected chi connectivity index (χ1v) is 10.3. The number of amides is 1. The second-order valence-electron chi connectivity index (χ2n) is 6.78. The normalized spacial score (nSPS) is 16.1. The zero-order valence-electron chi connectivity index (χ0n) is 15.1. The third kappa shape index (κ3) is 4.28. The average Bonchev–Trinajstić information content (AvgIpc) is 3.42. The van der Waals surface area contributed by atoms with Crippen LogP contribution in [0.5, 0.6) is 0 Å². The van der Waals surface area contributed by atoms with Crippen LogP contribution < -0.4 is 5.32 Å². The fraction of sp³-hybridized carbons (Fsp3) is 0.333. The van der Waals surface area contributed by atoms with Crippen LogP contribution in [0, 0.1) is 0 Å². The van der Waals surface area contributed by atoms with Crippen molar-refractivity contribution >= 4 is 17.2 Å². The summed E-state index contributed by atoms with van der Waals surface area (Å²) < 4.78 is 5.35. The number of carbonyl (C=O) groups excluding carboxylic acids is 1. The molecular formula is C21H23N3O2S. The van der Waals surface area contributed by atoms with Crippen molar-refractivity contribution in [2.45, 2.75) is 25.3 Å². The highest BCUT2D eigenvalue weighted by Crippen LogP contribution is 2.27. The van der Waals surface area contributed by atoms with Gasteiger partial charge in [-0.1, -0.05) is 48.0 Å². The molecule has 3 aromatic rings. The number of piperidine rings is 1. The van der Waals surface area contributed by atoms with Gasteiger partial charge in [0.2, 0.25) is 0 Å². The third-order valence-electron chi connectivity index (χ3n) is 4.96. The molecule has 1 aliphatic heterocycles. The van der Waals surface area contributed by atoms with Crippen LogP contribution in [0.4, 0.5) is 0 Å². The van der Waals surface area contributed by atoms with Gasteiger partial charge in [-0.3, -0.25) is 9.69 Å². The average molecular weight is 382 g/mol. The van der Waals surface area contributed by atoms with Crippen molar-refractivity contribution in [3.63, 3.8) is 0 Å². The number of benzene rings is 1. The zero-order chi connectivity index (χ0) is 18.5. The Hall–Kier alpha value is -2.44. The van der Waals surface area contributed by atoms with Gasteiger partial charge in [-0.25, -0.2) is 0 Å². The highest BCUT2D eigenvalue weighted by atomic mass is 32.1. The Balaban J connectivity index is 1.43. The molecule has 0 bridgehead atoms. The number of thiophene rings is 1. The van der Waals surface area contributed by atoms with E-state index in [2.05, 4.69) is 32.9 Å². The number of aromatic nitrogens is 1. The highest BCUT2D eigenvalue weighted by Gasteiger charge is 2.24. The van der Waals surface area contributed by atoms with Gasteiger partial charge in [0.05, 0.1) is 6.04 Å². The van der Waals surface area contributed by atoms with E-state index in [-0.39, 0.29) is 11.9 Å². The lowest BCUT2D eigenvalue weighted by Crippen LogP contribution is -2.40. The molecule has 1 atom stereocenters. The Morgan fingerprint density at radius 3 is 2.70 bits per heavy atom. The molecule has 0 aliphatic carbocycles. The van der Waals surface area contributed by atoms with Crippen LogP contribution >= 0.6 is 11.3 Å². The number of nitrogens with zero attached hydrogens (tertiary/aromatic N) is 2. The van der Waals surface area contributed by atoms with Gasteiger partial charge >= 0.3 is 0 Å². The first-order chi connectivity index (χ1) is 13.3. The smallest absolute Gasteiger partial charge is 0.273 e. The number of rotatable bonds is 6. The molecule has 4 rings (SSSR count). The van der Waals surface area contributed by atoms with E-state index in [4.69, 9.17) is 4.52 Å². The molecule has 6 heteroatoms. The fourth-order valence-corrected chi connectivity index (χ4v) is 4.38. The highest BCUT2D eigenvalue weighted by molar-refractivity contribution is 7.10. The molecule has 0 spiro atoms. The zero-order valence-corrected chi connectivity index (χ0v) is 16.0. The molecule has 1 aliphatic rings. The van der Waals surface area contributed by atoms with Crippen LogP contribution in [-0.4, -0.2) is 35.6 Å². The maximum Gasteiger partial charge on any atom is 0.273 e. The molecule has 140 valence electrons. The maximum absolute atomic E-state index is 12.6. The second-order valence-corrected chi connectivity index (χ2v) is 7.76. The molecule has 0 saturated carbocycles. The lowest BCUT2D eigenvalue weighted by molar-refractivity contribution is 0.0917. The fourth-order valence-electron chi connectivity index (χ4n) is 3.52. The Labute approximate surface area is 163 Å². The van der Waals surface area contributed by atoms with E-state index in [1.807, 2.05) is 30.3 Å². The third-order valence-corrected chi connectivity index (χ3v) is 5.93. The molecule has 1 N–H and O–H groups in total. The van der Waals surface area contributed by atoms with Crippen molar-refractivity contribution in [3.8, 4) is 11.3 Å². The summed E-state index contributed by atoms with van der Waals surface area (Å²) in [7, 11) is 0. The van der Waals surface area contributed by atoms with Crippen LogP contribution in [0.3, 0.4) is 0 Å². The van der Waals surface area contributed by atoms with E-state index in [1.54, 1.807) is 17.4 Å². The predicted molar refractivity (Wildman–Crippen MR) is 107 cm³/mol. The molecule has 27 heavy (non-hydrogen) atoms. The van der Waals surface area contributed by atoms with E-state index in [0.717, 1.165) is 18.7 Å². The molecule has 1 fully saturated rings. The summed E-state index contributed by atoms with van der Waals surface area (Å²) in [6.45, 7) is 2.74. The standard InChI is InChI=1S/C21H23N3O2S/c25-21(17-14-19(26-23-17)16-8-3-1-4-9-16)22-15-18(20-10-7-13-27-20)24-11-5-2-6-12-24/h1,3-4,7-10,13-14,18H,2,5-6,11-12,15H2,(H,22,25). The Bertz CT molecular complexity index is 855. The van der Waals surface area contributed by atoms with E-state index < -0.39 is 0 Å². The van der Waals surface area contributed by atoms with Crippen molar-refractivity contribution in [2.75, 3.05) is 19.6 Å². The maximum atomic E-state index is 12.6. The lowest BCUT2D eigenvalue weighted by Gasteiger charge is -2.34. The van der Waals surface area contributed by atoms with Gasteiger partial charge in [0.15, 0.2) is 11.5 Å². The minimum atomic E-state index is -0.195. The summed E-state index contributed by atoms with van der Waals surface area (Å²) >= 11 is 1.75. The number of hydrogen-bond acceptors (Lipinski definition) is 5. The van der Waals surface area contributed by atoms with Gasteiger partial charge in [-0.2, -0.15) is 0 Å². The molecule has 5 nitrogen and oxygen atoms in total. The van der Waals surface area contributed by atoms with Gasteiger partial charge < -0.3 is 9.84 Å². The van der Waals surface area contributed by atoms with Crippen LogP contribution in [-0.2, 0) is 0 Å². The molecule has 2 aromatic heterocycles. The van der Waals surface area contributed by atoms with Gasteiger partial charge in [-0.05, 0) is 37.4 Å².